The van der Waals surface area contributed by atoms with Crippen LogP contribution in [0.4, 0.5) is 5.82 Å². The van der Waals surface area contributed by atoms with Crippen LogP contribution in [0.3, 0.4) is 0 Å². The van der Waals surface area contributed by atoms with Crippen LogP contribution in [0.25, 0.3) is 0 Å². The summed E-state index contributed by atoms with van der Waals surface area (Å²) in [6, 6.07) is 6.46. The number of carbonyl (C=O) groups is 1. The zero-order valence-electron chi connectivity index (χ0n) is 15.6. The maximum absolute atomic E-state index is 12.0. The van der Waals surface area contributed by atoms with Crippen molar-refractivity contribution in [2.24, 2.45) is 0 Å². The Kier molecular flexibility index (Phi) is 4.48. The summed E-state index contributed by atoms with van der Waals surface area (Å²) in [5.41, 5.74) is 1.61. The molecule has 8 nitrogen and oxygen atoms in total. The van der Waals surface area contributed by atoms with Gasteiger partial charge in [-0.05, 0) is 30.5 Å². The molecule has 1 aromatic heterocycles. The molecule has 8 heteroatoms. The predicted octanol–water partition coefficient (Wildman–Crippen LogP) is 1.42. The van der Waals surface area contributed by atoms with Crippen LogP contribution in [-0.4, -0.2) is 59.8 Å². The molecule has 2 fully saturated rings. The fourth-order valence-electron chi connectivity index (χ4n) is 3.52. The molecule has 0 radical (unpaired) electrons. The zero-order valence-corrected chi connectivity index (χ0v) is 15.6. The van der Waals surface area contributed by atoms with E-state index in [1.165, 1.54) is 5.56 Å². The van der Waals surface area contributed by atoms with Gasteiger partial charge in [0.2, 0.25) is 6.79 Å². The van der Waals surface area contributed by atoms with Crippen LogP contribution in [0.15, 0.2) is 30.6 Å². The fraction of sp³-hybridized carbons (Fsp3) is 0.450. The molecule has 1 aliphatic carbocycles. The molecule has 2 aliphatic heterocycles. The molecule has 3 heterocycles. The smallest absolute Gasteiger partial charge is 0.271 e. The van der Waals surface area contributed by atoms with E-state index in [1.807, 2.05) is 6.07 Å². The highest BCUT2D eigenvalue weighted by molar-refractivity contribution is 5.92. The minimum atomic E-state index is -0.130. The zero-order chi connectivity index (χ0) is 18.9. The number of aromatic nitrogens is 2. The van der Waals surface area contributed by atoms with E-state index < -0.39 is 0 Å². The molecule has 1 saturated heterocycles. The van der Waals surface area contributed by atoms with Gasteiger partial charge in [0.05, 0.1) is 12.4 Å². The third kappa shape index (κ3) is 3.73. The van der Waals surface area contributed by atoms with Gasteiger partial charge in [0.15, 0.2) is 11.5 Å². The van der Waals surface area contributed by atoms with E-state index in [2.05, 4.69) is 37.2 Å². The SMILES string of the molecule is O=C(NC1CC1)c1cnc(N2CCN(Cc3ccc4c(c3)OCO4)CC2)cn1. The van der Waals surface area contributed by atoms with E-state index in [4.69, 9.17) is 9.47 Å². The third-order valence-corrected chi connectivity index (χ3v) is 5.32. The molecule has 0 spiro atoms. The highest BCUT2D eigenvalue weighted by Crippen LogP contribution is 2.32. The van der Waals surface area contributed by atoms with Gasteiger partial charge in [-0.3, -0.25) is 9.69 Å². The van der Waals surface area contributed by atoms with Crippen molar-refractivity contribution in [1.82, 2.24) is 20.2 Å². The highest BCUT2D eigenvalue weighted by atomic mass is 16.7. The Bertz CT molecular complexity index is 861. The largest absolute Gasteiger partial charge is 0.454 e. The van der Waals surface area contributed by atoms with Crippen LogP contribution in [0, 0.1) is 0 Å². The van der Waals surface area contributed by atoms with Crippen molar-refractivity contribution < 1.29 is 14.3 Å². The summed E-state index contributed by atoms with van der Waals surface area (Å²) in [6.45, 7) is 4.84. The lowest BCUT2D eigenvalue weighted by Gasteiger charge is -2.35. The second-order valence-electron chi connectivity index (χ2n) is 7.46. The molecule has 2 aromatic rings. The van der Waals surface area contributed by atoms with Gasteiger partial charge in [-0.2, -0.15) is 0 Å². The normalized spacial score (nSPS) is 18.9. The molecule has 5 rings (SSSR count). The number of nitrogens with zero attached hydrogens (tertiary/aromatic N) is 4. The number of amides is 1. The maximum Gasteiger partial charge on any atom is 0.271 e. The summed E-state index contributed by atoms with van der Waals surface area (Å²) in [6.07, 6.45) is 5.41. The van der Waals surface area contributed by atoms with Gasteiger partial charge in [0.1, 0.15) is 11.5 Å². The molecule has 0 unspecified atom stereocenters. The fourth-order valence-corrected chi connectivity index (χ4v) is 3.52. The first-order chi connectivity index (χ1) is 13.7. The van der Waals surface area contributed by atoms with E-state index in [-0.39, 0.29) is 5.91 Å². The predicted molar refractivity (Wildman–Crippen MR) is 103 cm³/mol. The van der Waals surface area contributed by atoms with Gasteiger partial charge >= 0.3 is 0 Å². The van der Waals surface area contributed by atoms with E-state index in [0.717, 1.165) is 62.9 Å². The van der Waals surface area contributed by atoms with Crippen LogP contribution in [-0.2, 0) is 6.54 Å². The Morgan fingerprint density at radius 2 is 1.89 bits per heavy atom. The molecule has 28 heavy (non-hydrogen) atoms. The lowest BCUT2D eigenvalue weighted by molar-refractivity contribution is 0.0945. The van der Waals surface area contributed by atoms with E-state index >= 15 is 0 Å². The van der Waals surface area contributed by atoms with Gasteiger partial charge in [0, 0.05) is 38.8 Å². The summed E-state index contributed by atoms with van der Waals surface area (Å²) < 4.78 is 10.8. The minimum Gasteiger partial charge on any atom is -0.454 e. The monoisotopic (exact) mass is 381 g/mol. The molecule has 0 atom stereocenters. The molecular weight excluding hydrogens is 358 g/mol. The second-order valence-corrected chi connectivity index (χ2v) is 7.46. The van der Waals surface area contributed by atoms with Crippen LogP contribution in [0.1, 0.15) is 28.9 Å². The number of rotatable bonds is 5. The average molecular weight is 381 g/mol. The molecular formula is C20H23N5O3. The molecule has 1 N–H and O–H groups in total. The number of benzene rings is 1. The standard InChI is InChI=1S/C20H23N5O3/c26-20(23-15-2-3-15)16-10-22-19(11-21-16)25-7-5-24(6-8-25)12-14-1-4-17-18(9-14)28-13-27-17/h1,4,9-11,15H,2-3,5-8,12-13H2,(H,23,26). The minimum absolute atomic E-state index is 0.130. The van der Waals surface area contributed by atoms with Gasteiger partial charge in [-0.25, -0.2) is 9.97 Å². The van der Waals surface area contributed by atoms with Crippen LogP contribution in [0.5, 0.6) is 11.5 Å². The number of anilines is 1. The molecule has 1 amide bonds. The number of hydrogen-bond donors (Lipinski definition) is 1. The number of piperazine rings is 1. The number of carbonyl (C=O) groups excluding carboxylic acids is 1. The van der Waals surface area contributed by atoms with Crippen LogP contribution < -0.4 is 19.7 Å². The van der Waals surface area contributed by atoms with E-state index in [9.17, 15) is 4.79 Å². The number of fused-ring (bicyclic) bond motifs is 1. The van der Waals surface area contributed by atoms with Crippen molar-refractivity contribution >= 4 is 11.7 Å². The Morgan fingerprint density at radius 1 is 1.07 bits per heavy atom. The van der Waals surface area contributed by atoms with Crippen molar-refractivity contribution in [3.8, 4) is 11.5 Å². The summed E-state index contributed by atoms with van der Waals surface area (Å²) in [4.78, 5) is 25.4. The highest BCUT2D eigenvalue weighted by Gasteiger charge is 2.25. The molecule has 3 aliphatic rings. The van der Waals surface area contributed by atoms with Gasteiger partial charge in [-0.15, -0.1) is 0 Å². The van der Waals surface area contributed by atoms with Crippen molar-refractivity contribution in [3.63, 3.8) is 0 Å². The van der Waals surface area contributed by atoms with Crippen molar-refractivity contribution in [3.05, 3.63) is 41.9 Å². The molecule has 0 bridgehead atoms. The molecule has 146 valence electrons. The number of hydrogen-bond acceptors (Lipinski definition) is 7. The molecule has 1 aromatic carbocycles. The summed E-state index contributed by atoms with van der Waals surface area (Å²) in [7, 11) is 0. The Morgan fingerprint density at radius 3 is 2.64 bits per heavy atom. The third-order valence-electron chi connectivity index (χ3n) is 5.32. The first-order valence-corrected chi connectivity index (χ1v) is 9.73. The van der Waals surface area contributed by atoms with Crippen LogP contribution >= 0.6 is 0 Å². The first-order valence-electron chi connectivity index (χ1n) is 9.73. The topological polar surface area (TPSA) is 79.8 Å². The lowest BCUT2D eigenvalue weighted by atomic mass is 10.1. The first kappa shape index (κ1) is 17.2. The Labute approximate surface area is 163 Å². The Balaban J connectivity index is 1.15. The number of nitrogens with one attached hydrogen (secondary N) is 1. The summed E-state index contributed by atoms with van der Waals surface area (Å²) >= 11 is 0. The van der Waals surface area contributed by atoms with Crippen molar-refractivity contribution in [1.29, 1.82) is 0 Å². The van der Waals surface area contributed by atoms with Gasteiger partial charge < -0.3 is 19.7 Å². The van der Waals surface area contributed by atoms with Crippen LogP contribution in [0.2, 0.25) is 0 Å². The quantitative estimate of drug-likeness (QED) is 0.839. The van der Waals surface area contributed by atoms with E-state index in [0.29, 0.717) is 18.5 Å². The van der Waals surface area contributed by atoms with E-state index in [1.54, 1.807) is 12.4 Å². The Hall–Kier alpha value is -2.87. The maximum atomic E-state index is 12.0. The molecule has 1 saturated carbocycles. The van der Waals surface area contributed by atoms with Gasteiger partial charge in [0.25, 0.3) is 5.91 Å². The van der Waals surface area contributed by atoms with Gasteiger partial charge in [-0.1, -0.05) is 6.07 Å². The summed E-state index contributed by atoms with van der Waals surface area (Å²) in [5, 5.41) is 2.94. The average Bonchev–Trinajstić information content (AvgIpc) is 3.42. The second kappa shape index (κ2) is 7.27. The lowest BCUT2D eigenvalue weighted by Crippen LogP contribution is -2.46. The van der Waals surface area contributed by atoms with Crippen molar-refractivity contribution in [2.75, 3.05) is 37.9 Å². The summed E-state index contributed by atoms with van der Waals surface area (Å²) in [5.74, 6) is 2.35. The van der Waals surface area contributed by atoms with Crippen molar-refractivity contribution in [2.45, 2.75) is 25.4 Å². The number of ether oxygens (including phenoxy) is 2.